The maximum Gasteiger partial charge on any atom is 0.376 e. The van der Waals surface area contributed by atoms with Gasteiger partial charge in [0.2, 0.25) is 0 Å². The molecule has 1 saturated heterocycles. The van der Waals surface area contributed by atoms with Crippen molar-refractivity contribution in [2.75, 3.05) is 6.54 Å². The number of nitrogens with zero attached hydrogens (tertiary/aromatic N) is 1. The van der Waals surface area contributed by atoms with E-state index in [2.05, 4.69) is 29.1 Å². The van der Waals surface area contributed by atoms with Crippen LogP contribution in [0.15, 0.2) is 30.3 Å². The molecule has 0 aliphatic carbocycles. The first-order valence-corrected chi connectivity index (χ1v) is 5.78. The van der Waals surface area contributed by atoms with E-state index < -0.39 is 0 Å². The minimum atomic E-state index is -0.337. The van der Waals surface area contributed by atoms with Crippen molar-refractivity contribution in [1.82, 2.24) is 4.81 Å². The molecule has 15 heavy (non-hydrogen) atoms. The number of benzene rings is 1. The molecular formula is C12H18BNO. The van der Waals surface area contributed by atoms with Crippen LogP contribution < -0.4 is 0 Å². The molecule has 1 aliphatic heterocycles. The zero-order valence-electron chi connectivity index (χ0n) is 9.26. The van der Waals surface area contributed by atoms with Gasteiger partial charge < -0.3 is 9.83 Å². The van der Waals surface area contributed by atoms with Gasteiger partial charge in [-0.3, -0.25) is 0 Å². The summed E-state index contributed by atoms with van der Waals surface area (Å²) in [5, 5.41) is 9.73. The Kier molecular flexibility index (Phi) is 3.44. The molecule has 0 spiro atoms. The summed E-state index contributed by atoms with van der Waals surface area (Å²) in [7, 11) is -0.337. The first kappa shape index (κ1) is 10.7. The Labute approximate surface area is 92.0 Å². The van der Waals surface area contributed by atoms with E-state index in [9.17, 15) is 5.02 Å². The van der Waals surface area contributed by atoms with Gasteiger partial charge in [-0.25, -0.2) is 0 Å². The Balaban J connectivity index is 2.18. The zero-order chi connectivity index (χ0) is 10.7. The van der Waals surface area contributed by atoms with Crippen LogP contribution >= 0.6 is 0 Å². The monoisotopic (exact) mass is 203 g/mol. The summed E-state index contributed by atoms with van der Waals surface area (Å²) in [6, 6.07) is 10.9. The summed E-state index contributed by atoms with van der Waals surface area (Å²) in [5.74, 6) is 0. The number of rotatable bonds is 2. The molecular weight excluding hydrogens is 185 g/mol. The Bertz CT molecular complexity index is 302. The molecule has 1 aromatic carbocycles. The number of piperidine rings is 1. The van der Waals surface area contributed by atoms with Gasteiger partial charge in [-0.2, -0.15) is 0 Å². The molecule has 0 amide bonds. The summed E-state index contributed by atoms with van der Waals surface area (Å²) in [4.78, 5) is 2.19. The van der Waals surface area contributed by atoms with Crippen molar-refractivity contribution in [3.8, 4) is 0 Å². The maximum atomic E-state index is 9.73. The first-order valence-electron chi connectivity index (χ1n) is 5.78. The molecule has 3 heteroatoms. The van der Waals surface area contributed by atoms with Crippen molar-refractivity contribution in [3.63, 3.8) is 0 Å². The van der Waals surface area contributed by atoms with Gasteiger partial charge in [0.1, 0.15) is 0 Å². The van der Waals surface area contributed by atoms with Crippen molar-refractivity contribution < 1.29 is 5.02 Å². The van der Waals surface area contributed by atoms with Gasteiger partial charge in [0, 0.05) is 6.04 Å². The van der Waals surface area contributed by atoms with Crippen LogP contribution in [0, 0.1) is 0 Å². The van der Waals surface area contributed by atoms with Crippen LogP contribution in [0.25, 0.3) is 0 Å². The zero-order valence-corrected chi connectivity index (χ0v) is 9.26. The molecule has 2 rings (SSSR count). The lowest BCUT2D eigenvalue weighted by Crippen LogP contribution is -2.43. The van der Waals surface area contributed by atoms with Crippen molar-refractivity contribution >= 4 is 7.05 Å². The Morgan fingerprint density at radius 1 is 1.27 bits per heavy atom. The second-order valence-corrected chi connectivity index (χ2v) is 4.29. The maximum absolute atomic E-state index is 9.73. The summed E-state index contributed by atoms with van der Waals surface area (Å²) >= 11 is 0. The second kappa shape index (κ2) is 4.82. The third-order valence-electron chi connectivity index (χ3n) is 3.21. The molecule has 0 aromatic heterocycles. The van der Waals surface area contributed by atoms with E-state index in [1.54, 1.807) is 0 Å². The summed E-state index contributed by atoms with van der Waals surface area (Å²) in [5.41, 5.74) is 1.33. The Hall–Kier alpha value is -0.795. The highest BCUT2D eigenvalue weighted by atomic mass is 16.2. The fraction of sp³-hybridized carbons (Fsp3) is 0.500. The molecule has 1 fully saturated rings. The van der Waals surface area contributed by atoms with Gasteiger partial charge >= 0.3 is 7.05 Å². The van der Waals surface area contributed by atoms with Crippen LogP contribution in [0.4, 0.5) is 0 Å². The first-order chi connectivity index (χ1) is 7.29. The minimum absolute atomic E-state index is 0.337. The fourth-order valence-corrected chi connectivity index (χ4v) is 2.43. The molecule has 1 aliphatic rings. The second-order valence-electron chi connectivity index (χ2n) is 4.29. The van der Waals surface area contributed by atoms with Crippen molar-refractivity contribution in [2.45, 2.75) is 32.1 Å². The van der Waals surface area contributed by atoms with Crippen LogP contribution in [0.1, 0.15) is 30.9 Å². The van der Waals surface area contributed by atoms with Crippen molar-refractivity contribution in [1.29, 1.82) is 0 Å². The molecule has 1 aromatic rings. The third kappa shape index (κ3) is 2.41. The highest BCUT2D eigenvalue weighted by molar-refractivity contribution is 6.45. The molecule has 0 saturated carbocycles. The van der Waals surface area contributed by atoms with Crippen LogP contribution in [-0.2, 0) is 0 Å². The van der Waals surface area contributed by atoms with E-state index >= 15 is 0 Å². The Morgan fingerprint density at radius 2 is 2.00 bits per heavy atom. The van der Waals surface area contributed by atoms with E-state index in [0.29, 0.717) is 6.04 Å². The van der Waals surface area contributed by atoms with Gasteiger partial charge in [-0.15, -0.1) is 0 Å². The minimum Gasteiger partial charge on any atom is -0.437 e. The molecule has 1 atom stereocenters. The molecule has 1 N–H and O–H groups in total. The van der Waals surface area contributed by atoms with Crippen LogP contribution in [0.5, 0.6) is 0 Å². The molecule has 0 bridgehead atoms. The summed E-state index contributed by atoms with van der Waals surface area (Å²) < 4.78 is 0. The van der Waals surface area contributed by atoms with Crippen molar-refractivity contribution in [3.05, 3.63) is 35.9 Å². The predicted octanol–water partition coefficient (Wildman–Crippen LogP) is 2.32. The molecule has 2 nitrogen and oxygen atoms in total. The molecule has 80 valence electrons. The highest BCUT2D eigenvalue weighted by Crippen LogP contribution is 2.30. The molecule has 1 heterocycles. The highest BCUT2D eigenvalue weighted by Gasteiger charge is 2.28. The number of hydrogen-bond donors (Lipinski definition) is 1. The van der Waals surface area contributed by atoms with E-state index in [1.165, 1.54) is 18.4 Å². The largest absolute Gasteiger partial charge is 0.437 e. The van der Waals surface area contributed by atoms with Gasteiger partial charge in [0.05, 0.1) is 0 Å². The average Bonchev–Trinajstić information content (AvgIpc) is 2.30. The van der Waals surface area contributed by atoms with Gasteiger partial charge in [0.25, 0.3) is 0 Å². The lowest BCUT2D eigenvalue weighted by Gasteiger charge is -2.36. The quantitative estimate of drug-likeness (QED) is 0.745. The standard InChI is InChI=1S/C12H18BNO/c1-13(15)14-10-6-5-9-12(14)11-7-3-2-4-8-11/h2-4,7-8,12,15H,5-6,9-10H2,1H3. The van der Waals surface area contributed by atoms with Gasteiger partial charge in [0.15, 0.2) is 0 Å². The number of hydrogen-bond acceptors (Lipinski definition) is 2. The average molecular weight is 203 g/mol. The smallest absolute Gasteiger partial charge is 0.376 e. The van der Waals surface area contributed by atoms with Crippen LogP contribution in [-0.4, -0.2) is 23.4 Å². The predicted molar refractivity (Wildman–Crippen MR) is 63.6 cm³/mol. The lowest BCUT2D eigenvalue weighted by atomic mass is 9.78. The van der Waals surface area contributed by atoms with E-state index in [-0.39, 0.29) is 7.05 Å². The van der Waals surface area contributed by atoms with Crippen LogP contribution in [0.3, 0.4) is 0 Å². The third-order valence-corrected chi connectivity index (χ3v) is 3.21. The van der Waals surface area contributed by atoms with E-state index in [1.807, 2.05) is 12.9 Å². The summed E-state index contributed by atoms with van der Waals surface area (Å²) in [6.07, 6.45) is 3.63. The molecule has 0 radical (unpaired) electrons. The van der Waals surface area contributed by atoms with Gasteiger partial charge in [-0.05, 0) is 31.8 Å². The van der Waals surface area contributed by atoms with E-state index in [4.69, 9.17) is 0 Å². The fourth-order valence-electron chi connectivity index (χ4n) is 2.43. The molecule has 1 unspecified atom stereocenters. The van der Waals surface area contributed by atoms with E-state index in [0.717, 1.165) is 13.0 Å². The summed E-state index contributed by atoms with van der Waals surface area (Å²) in [6.45, 7) is 2.87. The SMILES string of the molecule is CB(O)N1CCCCC1c1ccccc1. The normalized spacial score (nSPS) is 22.7. The Morgan fingerprint density at radius 3 is 2.67 bits per heavy atom. The van der Waals surface area contributed by atoms with Crippen LogP contribution in [0.2, 0.25) is 6.82 Å². The lowest BCUT2D eigenvalue weighted by molar-refractivity contribution is 0.227. The topological polar surface area (TPSA) is 23.5 Å². The van der Waals surface area contributed by atoms with Gasteiger partial charge in [-0.1, -0.05) is 36.8 Å². The van der Waals surface area contributed by atoms with Crippen molar-refractivity contribution in [2.24, 2.45) is 0 Å².